The van der Waals surface area contributed by atoms with E-state index >= 15 is 0 Å². The highest BCUT2D eigenvalue weighted by atomic mass is 35.5. The molecule has 0 saturated carbocycles. The first-order valence-electron chi connectivity index (χ1n) is 11.3. The molecule has 176 valence electrons. The SMILES string of the molecule is CCCCCCN1C(=O)C(=Cc2cn(-c3ccccc3)nc2-c2ccc(OC)c(Cl)c2)SC1=S. The maximum atomic E-state index is 13.1. The molecular weight excluding hydrogens is 486 g/mol. The third-order valence-corrected chi connectivity index (χ3v) is 7.26. The van der Waals surface area contributed by atoms with Gasteiger partial charge in [-0.05, 0) is 42.8 Å². The van der Waals surface area contributed by atoms with Gasteiger partial charge in [0.1, 0.15) is 15.8 Å². The number of thiocarbonyl (C=S) groups is 1. The zero-order valence-corrected chi connectivity index (χ0v) is 21.6. The molecule has 1 amide bonds. The van der Waals surface area contributed by atoms with E-state index in [0.29, 0.717) is 26.5 Å². The van der Waals surface area contributed by atoms with Gasteiger partial charge in [0.05, 0.1) is 22.7 Å². The Labute approximate surface area is 214 Å². The highest BCUT2D eigenvalue weighted by Gasteiger charge is 2.32. The number of para-hydroxylation sites is 1. The Hall–Kier alpha value is -2.61. The summed E-state index contributed by atoms with van der Waals surface area (Å²) in [5, 5.41) is 5.33. The number of carbonyl (C=O) groups excluding carboxylic acids is 1. The van der Waals surface area contributed by atoms with Crippen LogP contribution in [0.1, 0.15) is 38.2 Å². The van der Waals surface area contributed by atoms with Gasteiger partial charge in [0.25, 0.3) is 5.91 Å². The highest BCUT2D eigenvalue weighted by Crippen LogP contribution is 2.36. The number of rotatable bonds is 9. The van der Waals surface area contributed by atoms with E-state index < -0.39 is 0 Å². The summed E-state index contributed by atoms with van der Waals surface area (Å²) in [6.07, 6.45) is 8.18. The molecule has 0 atom stereocenters. The fourth-order valence-electron chi connectivity index (χ4n) is 3.77. The first kappa shape index (κ1) is 24.5. The Kier molecular flexibility index (Phi) is 8.08. The largest absolute Gasteiger partial charge is 0.495 e. The Morgan fingerprint density at radius 2 is 1.94 bits per heavy atom. The van der Waals surface area contributed by atoms with Gasteiger partial charge in [-0.1, -0.05) is 80.0 Å². The van der Waals surface area contributed by atoms with Crippen LogP contribution in [-0.2, 0) is 4.79 Å². The molecule has 1 saturated heterocycles. The smallest absolute Gasteiger partial charge is 0.266 e. The topological polar surface area (TPSA) is 47.4 Å². The van der Waals surface area contributed by atoms with Crippen LogP contribution in [0.5, 0.6) is 5.75 Å². The zero-order valence-electron chi connectivity index (χ0n) is 19.2. The van der Waals surface area contributed by atoms with Crippen molar-refractivity contribution >= 4 is 51.9 Å². The summed E-state index contributed by atoms with van der Waals surface area (Å²) in [7, 11) is 1.58. The molecule has 1 aliphatic rings. The van der Waals surface area contributed by atoms with Crippen LogP contribution in [0.15, 0.2) is 59.6 Å². The minimum Gasteiger partial charge on any atom is -0.495 e. The Bertz CT molecular complexity index is 1220. The van der Waals surface area contributed by atoms with E-state index in [1.807, 2.05) is 65.5 Å². The van der Waals surface area contributed by atoms with Gasteiger partial charge in [-0.15, -0.1) is 0 Å². The lowest BCUT2D eigenvalue weighted by Crippen LogP contribution is -2.29. The molecule has 0 bridgehead atoms. The minimum absolute atomic E-state index is 0.0438. The summed E-state index contributed by atoms with van der Waals surface area (Å²) in [4.78, 5) is 15.5. The van der Waals surface area contributed by atoms with E-state index in [4.69, 9.17) is 33.7 Å². The highest BCUT2D eigenvalue weighted by molar-refractivity contribution is 8.26. The second kappa shape index (κ2) is 11.2. The van der Waals surface area contributed by atoms with Gasteiger partial charge in [0, 0.05) is 23.9 Å². The molecule has 0 unspecified atom stereocenters. The van der Waals surface area contributed by atoms with Gasteiger partial charge in [-0.3, -0.25) is 9.69 Å². The Morgan fingerprint density at radius 3 is 2.65 bits per heavy atom. The van der Waals surface area contributed by atoms with Crippen molar-refractivity contribution in [3.8, 4) is 22.7 Å². The van der Waals surface area contributed by atoms with E-state index in [-0.39, 0.29) is 5.91 Å². The van der Waals surface area contributed by atoms with Crippen molar-refractivity contribution in [1.82, 2.24) is 14.7 Å². The van der Waals surface area contributed by atoms with Gasteiger partial charge in [0.15, 0.2) is 0 Å². The normalized spacial score (nSPS) is 14.9. The number of carbonyl (C=O) groups is 1. The van der Waals surface area contributed by atoms with E-state index in [1.54, 1.807) is 12.0 Å². The van der Waals surface area contributed by atoms with Crippen molar-refractivity contribution in [3.63, 3.8) is 0 Å². The van der Waals surface area contributed by atoms with Crippen LogP contribution in [0.25, 0.3) is 23.0 Å². The number of hydrogen-bond acceptors (Lipinski definition) is 5. The summed E-state index contributed by atoms with van der Waals surface area (Å²) in [5.41, 5.74) is 3.30. The van der Waals surface area contributed by atoms with Crippen molar-refractivity contribution < 1.29 is 9.53 Å². The number of benzene rings is 2. The molecule has 1 aromatic heterocycles. The number of ether oxygens (including phenoxy) is 1. The van der Waals surface area contributed by atoms with Crippen LogP contribution in [0.2, 0.25) is 5.02 Å². The molecule has 0 spiro atoms. The molecule has 2 aromatic carbocycles. The molecule has 2 heterocycles. The molecule has 1 fully saturated rings. The quantitative estimate of drug-likeness (QED) is 0.176. The molecular formula is C26H26ClN3O2S2. The molecule has 8 heteroatoms. The van der Waals surface area contributed by atoms with E-state index in [2.05, 4.69) is 6.92 Å². The van der Waals surface area contributed by atoms with Crippen molar-refractivity contribution in [2.24, 2.45) is 0 Å². The lowest BCUT2D eigenvalue weighted by molar-refractivity contribution is -0.122. The lowest BCUT2D eigenvalue weighted by atomic mass is 10.1. The predicted molar refractivity (Wildman–Crippen MR) is 145 cm³/mol. The number of thioether (sulfide) groups is 1. The minimum atomic E-state index is -0.0438. The Morgan fingerprint density at radius 1 is 1.15 bits per heavy atom. The van der Waals surface area contributed by atoms with Crippen molar-refractivity contribution in [2.45, 2.75) is 32.6 Å². The lowest BCUT2D eigenvalue weighted by Gasteiger charge is -2.13. The second-order valence-corrected chi connectivity index (χ2v) is 10.0. The average Bonchev–Trinajstić information content (AvgIpc) is 3.38. The summed E-state index contributed by atoms with van der Waals surface area (Å²) >= 11 is 13.3. The van der Waals surface area contributed by atoms with Crippen LogP contribution < -0.4 is 4.74 Å². The van der Waals surface area contributed by atoms with Gasteiger partial charge >= 0.3 is 0 Å². The number of aromatic nitrogens is 2. The number of hydrogen-bond donors (Lipinski definition) is 0. The second-order valence-electron chi connectivity index (χ2n) is 7.96. The van der Waals surface area contributed by atoms with Crippen LogP contribution >= 0.6 is 35.6 Å². The number of halogens is 1. The number of methoxy groups -OCH3 is 1. The first-order chi connectivity index (χ1) is 16.5. The third-order valence-electron chi connectivity index (χ3n) is 5.58. The maximum Gasteiger partial charge on any atom is 0.266 e. The van der Waals surface area contributed by atoms with E-state index in [9.17, 15) is 4.79 Å². The molecule has 1 aliphatic heterocycles. The molecule has 34 heavy (non-hydrogen) atoms. The van der Waals surface area contributed by atoms with Crippen LogP contribution in [0.4, 0.5) is 0 Å². The maximum absolute atomic E-state index is 13.1. The summed E-state index contributed by atoms with van der Waals surface area (Å²) in [5.74, 6) is 0.552. The number of nitrogens with zero attached hydrogens (tertiary/aromatic N) is 3. The van der Waals surface area contributed by atoms with E-state index in [0.717, 1.165) is 48.2 Å². The number of amides is 1. The molecule has 5 nitrogen and oxygen atoms in total. The Balaban J connectivity index is 1.70. The standard InChI is InChI=1S/C26H26ClN3O2S2/c1-3-4-5-9-14-29-25(31)23(34-26(29)33)16-19-17-30(20-10-7-6-8-11-20)28-24(19)18-12-13-22(32-2)21(27)15-18/h6-8,10-13,15-17H,3-5,9,14H2,1-2H3. The van der Waals surface area contributed by atoms with Crippen LogP contribution in [0, 0.1) is 0 Å². The average molecular weight is 512 g/mol. The van der Waals surface area contributed by atoms with Gasteiger partial charge in [-0.25, -0.2) is 4.68 Å². The van der Waals surface area contributed by atoms with Crippen molar-refractivity contribution in [3.05, 3.63) is 70.2 Å². The fraction of sp³-hybridized carbons (Fsp3) is 0.269. The van der Waals surface area contributed by atoms with Crippen molar-refractivity contribution in [2.75, 3.05) is 13.7 Å². The van der Waals surface area contributed by atoms with Gasteiger partial charge in [0.2, 0.25) is 0 Å². The molecule has 0 N–H and O–H groups in total. The fourth-order valence-corrected chi connectivity index (χ4v) is 5.33. The van der Waals surface area contributed by atoms with Gasteiger partial charge < -0.3 is 4.74 Å². The summed E-state index contributed by atoms with van der Waals surface area (Å²) < 4.78 is 7.71. The first-order valence-corrected chi connectivity index (χ1v) is 12.9. The monoisotopic (exact) mass is 511 g/mol. The molecule has 3 aromatic rings. The molecule has 0 radical (unpaired) electrons. The summed E-state index contributed by atoms with van der Waals surface area (Å²) in [6, 6.07) is 15.4. The van der Waals surface area contributed by atoms with Crippen LogP contribution in [0.3, 0.4) is 0 Å². The third kappa shape index (κ3) is 5.37. The van der Waals surface area contributed by atoms with E-state index in [1.165, 1.54) is 11.8 Å². The number of unbranched alkanes of at least 4 members (excludes halogenated alkanes) is 3. The van der Waals surface area contributed by atoms with Crippen LogP contribution in [-0.4, -0.2) is 38.6 Å². The molecule has 0 aliphatic carbocycles. The van der Waals surface area contributed by atoms with Crippen molar-refractivity contribution in [1.29, 1.82) is 0 Å². The summed E-state index contributed by atoms with van der Waals surface area (Å²) in [6.45, 7) is 2.83. The predicted octanol–water partition coefficient (Wildman–Crippen LogP) is 6.98. The zero-order chi connectivity index (χ0) is 24.1. The molecule has 4 rings (SSSR count). The van der Waals surface area contributed by atoms with Gasteiger partial charge in [-0.2, -0.15) is 5.10 Å².